The Labute approximate surface area is 64.0 Å². The van der Waals surface area contributed by atoms with E-state index >= 15 is 0 Å². The smallest absolute Gasteiger partial charge is 0.327 e. The number of aliphatic carboxylic acids is 1. The first-order valence-corrected chi connectivity index (χ1v) is 3.32. The monoisotopic (exact) mass is 164 g/mol. The topological polar surface area (TPSA) is 66.4 Å². The van der Waals surface area contributed by atoms with E-state index in [0.29, 0.717) is 0 Å². The number of carboxylic acid groups (broad SMARTS) is 1. The van der Waals surface area contributed by atoms with Crippen LogP contribution in [0.5, 0.6) is 0 Å². The Morgan fingerprint density at radius 3 is 2.30 bits per heavy atom. The van der Waals surface area contributed by atoms with E-state index in [9.17, 15) is 9.59 Å². The second-order valence-electron chi connectivity index (χ2n) is 1.77. The number of carboxylic acids is 1. The van der Waals surface area contributed by atoms with Crippen molar-refractivity contribution in [2.24, 2.45) is 0 Å². The van der Waals surface area contributed by atoms with Crippen molar-refractivity contribution in [3.8, 4) is 0 Å². The first-order chi connectivity index (χ1) is 4.57. The molecule has 0 aliphatic heterocycles. The van der Waals surface area contributed by atoms with Crippen molar-refractivity contribution in [3.63, 3.8) is 0 Å². The summed E-state index contributed by atoms with van der Waals surface area (Å²) in [6.45, 7) is 1.26. The van der Waals surface area contributed by atoms with E-state index in [1.165, 1.54) is 6.92 Å². The highest BCUT2D eigenvalue weighted by atomic mass is 32.1. The second kappa shape index (κ2) is 4.16. The van der Waals surface area contributed by atoms with Crippen LogP contribution in [-0.2, 0) is 9.59 Å². The molecule has 0 aromatic heterocycles. The first kappa shape index (κ1) is 9.29. The van der Waals surface area contributed by atoms with E-state index in [-0.39, 0.29) is 11.7 Å². The molecular weight excluding hydrogens is 155 g/mol. The molecule has 0 aliphatic carbocycles. The molecule has 0 aromatic rings. The van der Waals surface area contributed by atoms with Crippen molar-refractivity contribution in [2.45, 2.75) is 13.0 Å². The van der Waals surface area contributed by atoms with Gasteiger partial charge in [-0.05, 0) is 0 Å². The van der Waals surface area contributed by atoms with Gasteiger partial charge in [-0.15, -0.1) is 0 Å². The van der Waals surface area contributed by atoms with E-state index in [0.717, 1.165) is 0 Å². The first-order valence-electron chi connectivity index (χ1n) is 2.68. The molecule has 0 aromatic carbocycles. The highest BCUT2D eigenvalue weighted by Crippen LogP contribution is 1.86. The lowest BCUT2D eigenvalue weighted by Crippen LogP contribution is -2.40. The van der Waals surface area contributed by atoms with E-state index in [1.807, 2.05) is 0 Å². The SMILES string of the molecule is C[13C](=O)N[C@@H](CS)C(=O)O. The number of rotatable bonds is 3. The lowest BCUT2D eigenvalue weighted by molar-refractivity contribution is -0.140. The average molecular weight is 164 g/mol. The number of nitrogens with one attached hydrogen (secondary N) is 1. The molecule has 1 atom stereocenters. The summed E-state index contributed by atoms with van der Waals surface area (Å²) in [5.74, 6) is -1.32. The summed E-state index contributed by atoms with van der Waals surface area (Å²) in [7, 11) is 0. The molecular formula is C5H9NO3S. The highest BCUT2D eigenvalue weighted by molar-refractivity contribution is 7.80. The number of hydrogen-bond acceptors (Lipinski definition) is 3. The van der Waals surface area contributed by atoms with Crippen molar-refractivity contribution in [1.29, 1.82) is 0 Å². The summed E-state index contributed by atoms with van der Waals surface area (Å²) in [6, 6.07) is -0.874. The van der Waals surface area contributed by atoms with Crippen LogP contribution in [0.15, 0.2) is 0 Å². The molecule has 4 nitrogen and oxygen atoms in total. The Hall–Kier alpha value is -0.710. The normalized spacial score (nSPS) is 12.2. The average Bonchev–Trinajstić information content (AvgIpc) is 1.81. The summed E-state index contributed by atoms with van der Waals surface area (Å²) in [6.07, 6.45) is 0. The van der Waals surface area contributed by atoms with Gasteiger partial charge < -0.3 is 10.4 Å². The van der Waals surface area contributed by atoms with Crippen molar-refractivity contribution in [2.75, 3.05) is 5.75 Å². The standard InChI is InChI=1S/C5H9NO3S/c1-3(7)6-4(2-10)5(8)9/h4,10H,2H2,1H3,(H,6,7)(H,8,9)/t4-/m0/s1/i3+1. The van der Waals surface area contributed by atoms with Gasteiger partial charge in [0.2, 0.25) is 5.91 Å². The van der Waals surface area contributed by atoms with Crippen LogP contribution in [0.4, 0.5) is 0 Å². The predicted octanol–water partition coefficient (Wildman–Crippen LogP) is -0.494. The van der Waals surface area contributed by atoms with Crippen LogP contribution in [-0.4, -0.2) is 28.8 Å². The van der Waals surface area contributed by atoms with E-state index in [1.54, 1.807) is 0 Å². The molecule has 1 amide bonds. The zero-order valence-electron chi connectivity index (χ0n) is 5.50. The molecule has 0 fully saturated rings. The van der Waals surface area contributed by atoms with Gasteiger partial charge in [-0.25, -0.2) is 4.79 Å². The molecule has 0 saturated carbocycles. The molecule has 58 valence electrons. The third-order valence-corrected chi connectivity index (χ3v) is 1.22. The van der Waals surface area contributed by atoms with Gasteiger partial charge in [0.25, 0.3) is 0 Å². The van der Waals surface area contributed by atoms with Gasteiger partial charge in [-0.2, -0.15) is 12.6 Å². The molecule has 0 aliphatic rings. The minimum Gasteiger partial charge on any atom is -0.480 e. The van der Waals surface area contributed by atoms with Crippen LogP contribution in [0.2, 0.25) is 0 Å². The molecule has 0 rings (SSSR count). The fraction of sp³-hybridized carbons (Fsp3) is 0.600. The largest absolute Gasteiger partial charge is 0.480 e. The van der Waals surface area contributed by atoms with Crippen LogP contribution in [0.1, 0.15) is 6.92 Å². The number of carbonyl (C=O) groups excluding carboxylic acids is 1. The number of carbonyl (C=O) groups is 2. The second-order valence-corrected chi connectivity index (χ2v) is 2.14. The fourth-order valence-corrected chi connectivity index (χ4v) is 0.678. The van der Waals surface area contributed by atoms with Gasteiger partial charge in [0.15, 0.2) is 0 Å². The number of thiol groups is 1. The maximum Gasteiger partial charge on any atom is 0.327 e. The summed E-state index contributed by atoms with van der Waals surface area (Å²) in [5, 5.41) is 10.6. The van der Waals surface area contributed by atoms with Crippen LogP contribution in [0.3, 0.4) is 0 Å². The van der Waals surface area contributed by atoms with Crippen molar-refractivity contribution in [3.05, 3.63) is 0 Å². The van der Waals surface area contributed by atoms with E-state index < -0.39 is 12.0 Å². The maximum atomic E-state index is 10.3. The molecule has 10 heavy (non-hydrogen) atoms. The summed E-state index contributed by atoms with van der Waals surface area (Å²) in [5.41, 5.74) is 0. The third kappa shape index (κ3) is 3.34. The molecule has 0 unspecified atom stereocenters. The third-order valence-electron chi connectivity index (χ3n) is 0.858. The predicted molar refractivity (Wildman–Crippen MR) is 39.1 cm³/mol. The highest BCUT2D eigenvalue weighted by Gasteiger charge is 2.14. The fourth-order valence-electron chi connectivity index (χ4n) is 0.431. The van der Waals surface area contributed by atoms with Crippen LogP contribution in [0.25, 0.3) is 0 Å². The van der Waals surface area contributed by atoms with Crippen molar-refractivity contribution < 1.29 is 14.7 Å². The Balaban J connectivity index is 3.83. The van der Waals surface area contributed by atoms with Gasteiger partial charge in [-0.3, -0.25) is 4.79 Å². The van der Waals surface area contributed by atoms with E-state index in [4.69, 9.17) is 5.11 Å². The zero-order chi connectivity index (χ0) is 8.15. The van der Waals surface area contributed by atoms with Crippen LogP contribution >= 0.6 is 12.6 Å². The molecule has 0 saturated heterocycles. The molecule has 0 radical (unpaired) electrons. The zero-order valence-corrected chi connectivity index (χ0v) is 6.39. The van der Waals surface area contributed by atoms with Crippen LogP contribution < -0.4 is 5.32 Å². The van der Waals surface area contributed by atoms with Gasteiger partial charge in [0.05, 0.1) is 0 Å². The molecule has 0 heterocycles. The lowest BCUT2D eigenvalue weighted by Gasteiger charge is -2.08. The number of amides is 1. The van der Waals surface area contributed by atoms with E-state index in [2.05, 4.69) is 17.9 Å². The van der Waals surface area contributed by atoms with Gasteiger partial charge in [-0.1, -0.05) is 0 Å². The van der Waals surface area contributed by atoms with Gasteiger partial charge in [0.1, 0.15) is 6.04 Å². The van der Waals surface area contributed by atoms with Crippen LogP contribution in [0, 0.1) is 0 Å². The minimum atomic E-state index is -1.06. The molecule has 0 spiro atoms. The number of hydrogen-bond donors (Lipinski definition) is 3. The molecule has 2 N–H and O–H groups in total. The lowest BCUT2D eigenvalue weighted by atomic mass is 10.4. The quantitative estimate of drug-likeness (QED) is 0.389. The van der Waals surface area contributed by atoms with Gasteiger partial charge in [0, 0.05) is 12.7 Å². The summed E-state index contributed by atoms with van der Waals surface area (Å²) in [4.78, 5) is 20.5. The Morgan fingerprint density at radius 2 is 2.20 bits per heavy atom. The van der Waals surface area contributed by atoms with Crippen molar-refractivity contribution >= 4 is 24.5 Å². The summed E-state index contributed by atoms with van der Waals surface area (Å²) >= 11 is 3.73. The molecule has 0 bridgehead atoms. The van der Waals surface area contributed by atoms with Gasteiger partial charge >= 0.3 is 5.97 Å². The Bertz CT molecular complexity index is 148. The van der Waals surface area contributed by atoms with Crippen molar-refractivity contribution in [1.82, 2.24) is 5.32 Å². The Morgan fingerprint density at radius 1 is 1.70 bits per heavy atom. The molecule has 5 heteroatoms. The minimum absolute atomic E-state index is 0.106. The Kier molecular flexibility index (Phi) is 3.87. The summed E-state index contributed by atoms with van der Waals surface area (Å²) < 4.78 is 0. The maximum absolute atomic E-state index is 10.3.